The summed E-state index contributed by atoms with van der Waals surface area (Å²) < 4.78 is 48.1. The van der Waals surface area contributed by atoms with E-state index in [0.29, 0.717) is 39.3 Å². The molecule has 2 heterocycles. The zero-order valence-corrected chi connectivity index (χ0v) is 21.7. The van der Waals surface area contributed by atoms with Crippen LogP contribution in [0.2, 0.25) is 5.02 Å². The van der Waals surface area contributed by atoms with Gasteiger partial charge in [0, 0.05) is 40.9 Å². The number of aromatic nitrogens is 1. The van der Waals surface area contributed by atoms with Gasteiger partial charge in [-0.1, -0.05) is 17.7 Å². The summed E-state index contributed by atoms with van der Waals surface area (Å²) in [7, 11) is 1.56. The number of hydrogen-bond donors (Lipinski definition) is 1. The number of halogens is 4. The van der Waals surface area contributed by atoms with E-state index in [1.165, 1.54) is 24.0 Å². The molecule has 1 aliphatic heterocycles. The SMILES string of the molecule is COc1ccc2ncc(Cl)c(C(F)CCC3(CO)CCN(CCSc4cccc(F)c4F)CC3)c2c1. The number of aliphatic hydroxyl groups excluding tert-OH is 1. The van der Waals surface area contributed by atoms with Crippen molar-refractivity contribution >= 4 is 34.3 Å². The van der Waals surface area contributed by atoms with Gasteiger partial charge < -0.3 is 14.7 Å². The molecule has 4 rings (SSSR count). The lowest BCUT2D eigenvalue weighted by Gasteiger charge is -2.41. The predicted octanol–water partition coefficient (Wildman–Crippen LogP) is 6.83. The molecule has 36 heavy (non-hydrogen) atoms. The summed E-state index contributed by atoms with van der Waals surface area (Å²) in [6.07, 6.45) is 2.44. The molecule has 1 saturated heterocycles. The first-order valence-corrected chi connectivity index (χ1v) is 13.4. The fourth-order valence-corrected chi connectivity index (χ4v) is 6.05. The van der Waals surface area contributed by atoms with Crippen molar-refractivity contribution in [3.05, 3.63) is 64.8 Å². The average Bonchev–Trinajstić information content (AvgIpc) is 2.90. The number of likely N-dealkylation sites (tertiary alicyclic amines) is 1. The first kappa shape index (κ1) is 27.0. The molecule has 194 valence electrons. The summed E-state index contributed by atoms with van der Waals surface area (Å²) in [6, 6.07) is 9.52. The fraction of sp³-hybridized carbons (Fsp3) is 0.444. The Bertz CT molecular complexity index is 1190. The summed E-state index contributed by atoms with van der Waals surface area (Å²) in [5, 5.41) is 11.1. The van der Waals surface area contributed by atoms with E-state index in [0.717, 1.165) is 38.5 Å². The number of alkyl halides is 1. The lowest BCUT2D eigenvalue weighted by Crippen LogP contribution is -2.42. The van der Waals surface area contributed by atoms with Crippen molar-refractivity contribution in [1.29, 1.82) is 0 Å². The van der Waals surface area contributed by atoms with Gasteiger partial charge in [0.15, 0.2) is 11.6 Å². The van der Waals surface area contributed by atoms with Crippen LogP contribution in [-0.4, -0.2) is 54.1 Å². The smallest absolute Gasteiger partial charge is 0.172 e. The number of ether oxygens (including phenoxy) is 1. The molecule has 1 N–H and O–H groups in total. The maximum atomic E-state index is 15.6. The van der Waals surface area contributed by atoms with Crippen LogP contribution < -0.4 is 4.74 Å². The topological polar surface area (TPSA) is 45.6 Å². The molecule has 0 aliphatic carbocycles. The quantitative estimate of drug-likeness (QED) is 0.287. The van der Waals surface area contributed by atoms with Crippen molar-refractivity contribution in [3.63, 3.8) is 0 Å². The molecule has 1 aromatic heterocycles. The van der Waals surface area contributed by atoms with Gasteiger partial charge in [-0.2, -0.15) is 0 Å². The summed E-state index contributed by atoms with van der Waals surface area (Å²) in [5.41, 5.74) is 0.710. The fourth-order valence-electron chi connectivity index (χ4n) is 4.81. The van der Waals surface area contributed by atoms with Gasteiger partial charge in [0.05, 0.1) is 17.6 Å². The van der Waals surface area contributed by atoms with E-state index in [4.69, 9.17) is 16.3 Å². The van der Waals surface area contributed by atoms with Crippen molar-refractivity contribution in [3.8, 4) is 5.75 Å². The highest BCUT2D eigenvalue weighted by molar-refractivity contribution is 7.99. The summed E-state index contributed by atoms with van der Waals surface area (Å²) in [5.74, 6) is -0.396. The minimum Gasteiger partial charge on any atom is -0.497 e. The van der Waals surface area contributed by atoms with E-state index in [1.807, 2.05) is 0 Å². The molecule has 1 fully saturated rings. The number of hydrogen-bond acceptors (Lipinski definition) is 5. The summed E-state index contributed by atoms with van der Waals surface area (Å²) in [6.45, 7) is 2.25. The molecule has 0 spiro atoms. The van der Waals surface area contributed by atoms with E-state index in [9.17, 15) is 13.9 Å². The Morgan fingerprint density at radius 2 is 2.00 bits per heavy atom. The van der Waals surface area contributed by atoms with Crippen molar-refractivity contribution in [1.82, 2.24) is 9.88 Å². The molecule has 0 bridgehead atoms. The van der Waals surface area contributed by atoms with Crippen LogP contribution in [-0.2, 0) is 0 Å². The van der Waals surface area contributed by atoms with E-state index < -0.39 is 17.8 Å². The predicted molar refractivity (Wildman–Crippen MR) is 139 cm³/mol. The molecule has 0 amide bonds. The van der Waals surface area contributed by atoms with Crippen LogP contribution in [0.25, 0.3) is 10.9 Å². The van der Waals surface area contributed by atoms with Crippen LogP contribution >= 0.6 is 23.4 Å². The molecule has 0 radical (unpaired) electrons. The lowest BCUT2D eigenvalue weighted by atomic mass is 9.74. The van der Waals surface area contributed by atoms with E-state index in [-0.39, 0.29) is 23.5 Å². The first-order chi connectivity index (χ1) is 17.4. The molecule has 9 heteroatoms. The standard InChI is InChI=1S/C27H30ClF3N2O2S/c1-35-18-5-6-23-19(15-18)25(20(28)16-32-23)21(29)7-8-27(17-34)9-11-33(12-10-27)13-14-36-24-4-2-3-22(30)26(24)31/h2-6,15-16,21,34H,7-14,17H2,1H3. The van der Waals surface area contributed by atoms with Gasteiger partial charge >= 0.3 is 0 Å². The Balaban J connectivity index is 1.33. The Hall–Kier alpha value is -2.00. The third-order valence-electron chi connectivity index (χ3n) is 7.14. The van der Waals surface area contributed by atoms with Gasteiger partial charge in [-0.25, -0.2) is 13.2 Å². The zero-order valence-electron chi connectivity index (χ0n) is 20.2. The molecule has 4 nitrogen and oxygen atoms in total. The lowest BCUT2D eigenvalue weighted by molar-refractivity contribution is 0.0323. The van der Waals surface area contributed by atoms with Gasteiger partial charge in [-0.15, -0.1) is 11.8 Å². The first-order valence-electron chi connectivity index (χ1n) is 12.0. The molecule has 1 unspecified atom stereocenters. The molecule has 1 atom stereocenters. The number of nitrogens with zero attached hydrogens (tertiary/aromatic N) is 2. The van der Waals surface area contributed by atoms with E-state index in [1.54, 1.807) is 31.4 Å². The zero-order chi connectivity index (χ0) is 25.7. The number of thioether (sulfide) groups is 1. The normalized spacial score (nSPS) is 16.8. The Morgan fingerprint density at radius 1 is 1.22 bits per heavy atom. The van der Waals surface area contributed by atoms with Crippen LogP contribution in [0.1, 0.15) is 37.4 Å². The van der Waals surface area contributed by atoms with Crippen molar-refractivity contribution < 1.29 is 23.0 Å². The largest absolute Gasteiger partial charge is 0.497 e. The van der Waals surface area contributed by atoms with Crippen molar-refractivity contribution in [2.45, 2.75) is 36.8 Å². The van der Waals surface area contributed by atoms with Gasteiger partial charge in [0.1, 0.15) is 11.9 Å². The van der Waals surface area contributed by atoms with Gasteiger partial charge in [-0.3, -0.25) is 4.98 Å². The minimum absolute atomic E-state index is 0.00450. The molecular weight excluding hydrogens is 509 g/mol. The summed E-state index contributed by atoms with van der Waals surface area (Å²) in [4.78, 5) is 6.86. The minimum atomic E-state index is -1.30. The van der Waals surface area contributed by atoms with Gasteiger partial charge in [0.2, 0.25) is 0 Å². The second kappa shape index (κ2) is 12.0. The van der Waals surface area contributed by atoms with Crippen molar-refractivity contribution in [2.75, 3.05) is 39.1 Å². The molecule has 1 aliphatic rings. The van der Waals surface area contributed by atoms with Crippen LogP contribution in [0.4, 0.5) is 13.2 Å². The number of fused-ring (bicyclic) bond motifs is 1. The van der Waals surface area contributed by atoms with Crippen LogP contribution in [0.5, 0.6) is 5.75 Å². The Labute approximate surface area is 218 Å². The highest BCUT2D eigenvalue weighted by Gasteiger charge is 2.35. The number of methoxy groups -OCH3 is 1. The third-order valence-corrected chi connectivity index (χ3v) is 8.46. The maximum Gasteiger partial charge on any atom is 0.172 e. The van der Waals surface area contributed by atoms with E-state index >= 15 is 4.39 Å². The maximum absolute atomic E-state index is 15.6. The molecular formula is C27H30ClF3N2O2S. The molecule has 2 aromatic carbocycles. The van der Waals surface area contributed by atoms with Gasteiger partial charge in [-0.05, 0) is 74.5 Å². The second-order valence-corrected chi connectivity index (χ2v) is 10.9. The Morgan fingerprint density at radius 3 is 2.72 bits per heavy atom. The second-order valence-electron chi connectivity index (χ2n) is 9.31. The number of rotatable bonds is 10. The molecule has 0 saturated carbocycles. The highest BCUT2D eigenvalue weighted by Crippen LogP contribution is 2.42. The average molecular weight is 539 g/mol. The van der Waals surface area contributed by atoms with Crippen LogP contribution in [0, 0.1) is 17.0 Å². The van der Waals surface area contributed by atoms with Crippen LogP contribution in [0.3, 0.4) is 0 Å². The third kappa shape index (κ3) is 6.10. The number of piperidine rings is 1. The molecule has 3 aromatic rings. The van der Waals surface area contributed by atoms with Crippen LogP contribution in [0.15, 0.2) is 47.5 Å². The highest BCUT2D eigenvalue weighted by atomic mass is 35.5. The van der Waals surface area contributed by atoms with Crippen molar-refractivity contribution in [2.24, 2.45) is 5.41 Å². The number of aliphatic hydroxyl groups is 1. The summed E-state index contributed by atoms with van der Waals surface area (Å²) >= 11 is 7.66. The van der Waals surface area contributed by atoms with Gasteiger partial charge in [0.25, 0.3) is 0 Å². The Kier molecular flexibility index (Phi) is 9.04. The number of benzene rings is 2. The number of pyridine rings is 1. The van der Waals surface area contributed by atoms with E-state index in [2.05, 4.69) is 9.88 Å². The monoisotopic (exact) mass is 538 g/mol.